The van der Waals surface area contributed by atoms with Crippen LogP contribution in [0.2, 0.25) is 0 Å². The van der Waals surface area contributed by atoms with Gasteiger partial charge in [0.15, 0.2) is 11.5 Å². The lowest BCUT2D eigenvalue weighted by Crippen LogP contribution is -2.24. The first-order valence-corrected chi connectivity index (χ1v) is 9.27. The summed E-state index contributed by atoms with van der Waals surface area (Å²) in [4.78, 5) is 22.2. The molecule has 1 aromatic carbocycles. The molecule has 140 valence electrons. The zero-order chi connectivity index (χ0) is 19.2. The predicted octanol–water partition coefficient (Wildman–Crippen LogP) is 3.39. The minimum atomic E-state index is -0.0518. The Hall–Kier alpha value is -2.93. The third-order valence-electron chi connectivity index (χ3n) is 4.04. The van der Waals surface area contributed by atoms with Crippen molar-refractivity contribution in [2.75, 3.05) is 14.2 Å². The molecule has 3 rings (SSSR count). The van der Waals surface area contributed by atoms with Crippen molar-refractivity contribution in [3.05, 3.63) is 58.7 Å². The van der Waals surface area contributed by atoms with Crippen LogP contribution in [0, 0.1) is 6.92 Å². The van der Waals surface area contributed by atoms with Gasteiger partial charge in [0, 0.05) is 17.6 Å². The monoisotopic (exact) mass is 383 g/mol. The minimum absolute atomic E-state index is 0.0518. The van der Waals surface area contributed by atoms with Gasteiger partial charge in [-0.3, -0.25) is 9.78 Å². The number of hydrogen-bond donors (Lipinski definition) is 1. The molecule has 0 aliphatic carbocycles. The van der Waals surface area contributed by atoms with Crippen molar-refractivity contribution in [3.8, 4) is 22.2 Å². The van der Waals surface area contributed by atoms with E-state index in [9.17, 15) is 4.79 Å². The van der Waals surface area contributed by atoms with Gasteiger partial charge >= 0.3 is 0 Å². The van der Waals surface area contributed by atoms with Crippen LogP contribution in [-0.4, -0.2) is 30.1 Å². The summed E-state index contributed by atoms with van der Waals surface area (Å²) in [5, 5.41) is 3.77. The van der Waals surface area contributed by atoms with Crippen LogP contribution in [0.4, 0.5) is 0 Å². The molecule has 27 heavy (non-hydrogen) atoms. The normalized spacial score (nSPS) is 10.5. The van der Waals surface area contributed by atoms with Gasteiger partial charge in [-0.05, 0) is 36.8 Å². The Morgan fingerprint density at radius 1 is 1.15 bits per heavy atom. The number of aromatic nitrogens is 2. The fourth-order valence-corrected chi connectivity index (χ4v) is 3.63. The van der Waals surface area contributed by atoms with Crippen molar-refractivity contribution in [1.29, 1.82) is 0 Å². The third kappa shape index (κ3) is 4.62. The van der Waals surface area contributed by atoms with Crippen LogP contribution in [0.5, 0.6) is 11.5 Å². The molecule has 0 saturated heterocycles. The lowest BCUT2D eigenvalue weighted by molar-refractivity contribution is -0.120. The quantitative estimate of drug-likeness (QED) is 0.677. The maximum absolute atomic E-state index is 12.4. The molecule has 1 amide bonds. The van der Waals surface area contributed by atoms with Crippen molar-refractivity contribution in [1.82, 2.24) is 15.3 Å². The molecule has 2 heterocycles. The highest BCUT2D eigenvalue weighted by molar-refractivity contribution is 7.15. The molecule has 7 heteroatoms. The average Bonchev–Trinajstić information content (AvgIpc) is 3.07. The van der Waals surface area contributed by atoms with E-state index in [1.54, 1.807) is 20.4 Å². The maximum Gasteiger partial charge on any atom is 0.225 e. The van der Waals surface area contributed by atoms with Gasteiger partial charge in [-0.15, -0.1) is 11.3 Å². The number of rotatable bonds is 7. The SMILES string of the molecule is COc1ccc(CNC(=O)Cc2sc(-c3ccccn3)nc2C)cc1OC. The molecule has 1 N–H and O–H groups in total. The molecule has 6 nitrogen and oxygen atoms in total. The second kappa shape index (κ2) is 8.64. The summed E-state index contributed by atoms with van der Waals surface area (Å²) >= 11 is 1.50. The van der Waals surface area contributed by atoms with E-state index in [2.05, 4.69) is 15.3 Å². The Labute approximate surface area is 162 Å². The summed E-state index contributed by atoms with van der Waals surface area (Å²) in [5.74, 6) is 1.25. The molecule has 0 spiro atoms. The Kier molecular flexibility index (Phi) is 6.03. The van der Waals surface area contributed by atoms with Gasteiger partial charge in [-0.1, -0.05) is 12.1 Å². The smallest absolute Gasteiger partial charge is 0.225 e. The highest BCUT2D eigenvalue weighted by Gasteiger charge is 2.14. The zero-order valence-corrected chi connectivity index (χ0v) is 16.3. The molecule has 0 fully saturated rings. The summed E-state index contributed by atoms with van der Waals surface area (Å²) in [6.45, 7) is 2.34. The van der Waals surface area contributed by atoms with E-state index in [4.69, 9.17) is 9.47 Å². The lowest BCUT2D eigenvalue weighted by atomic mass is 10.2. The van der Waals surface area contributed by atoms with Crippen LogP contribution in [-0.2, 0) is 17.8 Å². The van der Waals surface area contributed by atoms with Crippen LogP contribution in [0.3, 0.4) is 0 Å². The van der Waals surface area contributed by atoms with Gasteiger partial charge in [0.05, 0.1) is 32.0 Å². The molecule has 0 aliphatic rings. The van der Waals surface area contributed by atoms with Gasteiger partial charge in [-0.25, -0.2) is 4.98 Å². The standard InChI is InChI=1S/C20H21N3O3S/c1-13-18(27-20(23-13)15-6-4-5-9-21-15)11-19(24)22-12-14-7-8-16(25-2)17(10-14)26-3/h4-10H,11-12H2,1-3H3,(H,22,24). The number of amides is 1. The summed E-state index contributed by atoms with van der Waals surface area (Å²) in [5.41, 5.74) is 2.63. The number of ether oxygens (including phenoxy) is 2. The number of nitrogens with zero attached hydrogens (tertiary/aromatic N) is 2. The van der Waals surface area contributed by atoms with Gasteiger partial charge in [0.1, 0.15) is 5.01 Å². The molecule has 0 radical (unpaired) electrons. The number of aryl methyl sites for hydroxylation is 1. The van der Waals surface area contributed by atoms with E-state index in [0.717, 1.165) is 26.8 Å². The average molecular weight is 383 g/mol. The highest BCUT2D eigenvalue weighted by atomic mass is 32.1. The molecular weight excluding hydrogens is 362 g/mol. The van der Waals surface area contributed by atoms with E-state index in [1.807, 2.05) is 43.3 Å². The topological polar surface area (TPSA) is 73.3 Å². The number of benzene rings is 1. The number of carbonyl (C=O) groups excluding carboxylic acids is 1. The summed E-state index contributed by atoms with van der Waals surface area (Å²) in [6, 6.07) is 11.3. The summed E-state index contributed by atoms with van der Waals surface area (Å²) < 4.78 is 10.5. The first-order chi connectivity index (χ1) is 13.1. The molecule has 3 aromatic rings. The first-order valence-electron chi connectivity index (χ1n) is 8.46. The molecular formula is C20H21N3O3S. The summed E-state index contributed by atoms with van der Waals surface area (Å²) in [6.07, 6.45) is 2.03. The Morgan fingerprint density at radius 2 is 1.96 bits per heavy atom. The van der Waals surface area contributed by atoms with E-state index in [1.165, 1.54) is 11.3 Å². The fourth-order valence-electron chi connectivity index (χ4n) is 2.59. The van der Waals surface area contributed by atoms with E-state index in [-0.39, 0.29) is 5.91 Å². The molecule has 2 aromatic heterocycles. The number of nitrogens with one attached hydrogen (secondary N) is 1. The molecule has 0 saturated carbocycles. The van der Waals surface area contributed by atoms with Crippen molar-refractivity contribution in [3.63, 3.8) is 0 Å². The second-order valence-corrected chi connectivity index (χ2v) is 6.97. The lowest BCUT2D eigenvalue weighted by Gasteiger charge is -2.10. The van der Waals surface area contributed by atoms with Crippen LogP contribution < -0.4 is 14.8 Å². The minimum Gasteiger partial charge on any atom is -0.493 e. The number of hydrogen-bond acceptors (Lipinski definition) is 6. The van der Waals surface area contributed by atoms with E-state index >= 15 is 0 Å². The molecule has 0 aliphatic heterocycles. The first kappa shape index (κ1) is 18.8. The molecule has 0 atom stereocenters. The zero-order valence-electron chi connectivity index (χ0n) is 15.5. The van der Waals surface area contributed by atoms with Gasteiger partial charge < -0.3 is 14.8 Å². The van der Waals surface area contributed by atoms with Crippen molar-refractivity contribution in [2.45, 2.75) is 19.9 Å². The second-order valence-electron chi connectivity index (χ2n) is 5.89. The Balaban J connectivity index is 1.62. The van der Waals surface area contributed by atoms with E-state index in [0.29, 0.717) is 24.5 Å². The van der Waals surface area contributed by atoms with Crippen LogP contribution >= 0.6 is 11.3 Å². The van der Waals surface area contributed by atoms with Crippen molar-refractivity contribution < 1.29 is 14.3 Å². The predicted molar refractivity (Wildman–Crippen MR) is 105 cm³/mol. The number of methoxy groups -OCH3 is 2. The van der Waals surface area contributed by atoms with Crippen LogP contribution in [0.1, 0.15) is 16.1 Å². The third-order valence-corrected chi connectivity index (χ3v) is 5.22. The van der Waals surface area contributed by atoms with Crippen molar-refractivity contribution >= 4 is 17.2 Å². The Morgan fingerprint density at radius 3 is 2.67 bits per heavy atom. The number of thiazole rings is 1. The Bertz CT molecular complexity index is 925. The van der Waals surface area contributed by atoms with Crippen molar-refractivity contribution in [2.24, 2.45) is 0 Å². The van der Waals surface area contributed by atoms with Crippen LogP contribution in [0.15, 0.2) is 42.6 Å². The number of pyridine rings is 1. The molecule has 0 bridgehead atoms. The molecule has 0 unspecified atom stereocenters. The highest BCUT2D eigenvalue weighted by Crippen LogP contribution is 2.28. The maximum atomic E-state index is 12.4. The van der Waals surface area contributed by atoms with Gasteiger partial charge in [0.25, 0.3) is 0 Å². The van der Waals surface area contributed by atoms with E-state index < -0.39 is 0 Å². The largest absolute Gasteiger partial charge is 0.493 e. The van der Waals surface area contributed by atoms with Gasteiger partial charge in [-0.2, -0.15) is 0 Å². The van der Waals surface area contributed by atoms with Gasteiger partial charge in [0.2, 0.25) is 5.91 Å². The van der Waals surface area contributed by atoms with Crippen LogP contribution in [0.25, 0.3) is 10.7 Å². The fraction of sp³-hybridized carbons (Fsp3) is 0.250. The number of carbonyl (C=O) groups is 1. The summed E-state index contributed by atoms with van der Waals surface area (Å²) in [7, 11) is 3.18.